The maximum Gasteiger partial charge on any atom is -0.0238 e. The van der Waals surface area contributed by atoms with E-state index in [1.807, 2.05) is 30.4 Å². The van der Waals surface area contributed by atoms with Crippen LogP contribution in [-0.2, 0) is 6.42 Å². The Morgan fingerprint density at radius 3 is 2.20 bits per heavy atom. The molecule has 0 aromatic heterocycles. The monoisotopic (exact) mass is 262 g/mol. The molecule has 0 aliphatic rings. The van der Waals surface area contributed by atoms with Gasteiger partial charge in [-0.05, 0) is 29.6 Å². The fraction of sp³-hybridized carbons (Fsp3) is 0.100. The smallest absolute Gasteiger partial charge is 0.0238 e. The first kappa shape index (κ1) is 15.7. The lowest BCUT2D eigenvalue weighted by Gasteiger charge is -2.02. The van der Waals surface area contributed by atoms with E-state index in [1.165, 1.54) is 5.56 Å². The van der Waals surface area contributed by atoms with Crippen LogP contribution in [0, 0.1) is 0 Å². The van der Waals surface area contributed by atoms with Crippen LogP contribution >= 0.6 is 0 Å². The van der Waals surface area contributed by atoms with E-state index in [0.717, 1.165) is 29.6 Å². The average molecular weight is 262 g/mol. The molecule has 20 heavy (non-hydrogen) atoms. The summed E-state index contributed by atoms with van der Waals surface area (Å²) in [5.41, 5.74) is 4.20. The van der Waals surface area contributed by atoms with Crippen molar-refractivity contribution >= 4 is 0 Å². The molecule has 0 heterocycles. The van der Waals surface area contributed by atoms with Gasteiger partial charge in [0.15, 0.2) is 0 Å². The second-order valence-electron chi connectivity index (χ2n) is 4.62. The van der Waals surface area contributed by atoms with Crippen molar-refractivity contribution in [1.29, 1.82) is 0 Å². The molecule has 0 amide bonds. The van der Waals surface area contributed by atoms with E-state index >= 15 is 0 Å². The molecule has 0 spiro atoms. The van der Waals surface area contributed by atoms with Crippen molar-refractivity contribution in [2.24, 2.45) is 0 Å². The van der Waals surface area contributed by atoms with Crippen molar-refractivity contribution in [1.82, 2.24) is 0 Å². The van der Waals surface area contributed by atoms with Gasteiger partial charge in [-0.1, -0.05) is 92.6 Å². The zero-order chi connectivity index (χ0) is 14.8. The highest BCUT2D eigenvalue weighted by Crippen LogP contribution is 2.13. The molecule has 1 aromatic rings. The molecule has 0 saturated heterocycles. The van der Waals surface area contributed by atoms with Crippen molar-refractivity contribution in [2.45, 2.75) is 12.8 Å². The van der Waals surface area contributed by atoms with Crippen LogP contribution in [0.2, 0.25) is 0 Å². The van der Waals surface area contributed by atoms with Crippen LogP contribution in [0.3, 0.4) is 0 Å². The van der Waals surface area contributed by atoms with Gasteiger partial charge in [-0.25, -0.2) is 0 Å². The summed E-state index contributed by atoms with van der Waals surface area (Å²) in [6, 6.07) is 10.4. The topological polar surface area (TPSA) is 0 Å². The molecule has 0 atom stereocenters. The Morgan fingerprint density at radius 1 is 0.900 bits per heavy atom. The molecular formula is C20H22. The molecule has 1 aromatic carbocycles. The molecule has 0 aliphatic carbocycles. The minimum Gasteiger partial charge on any atom is -0.0991 e. The Morgan fingerprint density at radius 2 is 1.55 bits per heavy atom. The highest BCUT2D eigenvalue weighted by atomic mass is 14.0. The summed E-state index contributed by atoms with van der Waals surface area (Å²) < 4.78 is 0. The normalized spacial score (nSPS) is 10.8. The third kappa shape index (κ3) is 6.01. The lowest BCUT2D eigenvalue weighted by atomic mass is 10.0. The van der Waals surface area contributed by atoms with Crippen LogP contribution in [0.1, 0.15) is 12.0 Å². The Balaban J connectivity index is 2.43. The summed E-state index contributed by atoms with van der Waals surface area (Å²) in [6.45, 7) is 15.6. The summed E-state index contributed by atoms with van der Waals surface area (Å²) >= 11 is 0. The van der Waals surface area contributed by atoms with E-state index in [4.69, 9.17) is 0 Å². The molecular weight excluding hydrogens is 240 g/mol. The predicted molar refractivity (Wildman–Crippen MR) is 90.7 cm³/mol. The van der Waals surface area contributed by atoms with Gasteiger partial charge in [-0.3, -0.25) is 0 Å². The van der Waals surface area contributed by atoms with Crippen LogP contribution in [0.25, 0.3) is 0 Å². The van der Waals surface area contributed by atoms with Gasteiger partial charge in [0.1, 0.15) is 0 Å². The minimum atomic E-state index is 0.886. The van der Waals surface area contributed by atoms with E-state index in [2.05, 4.69) is 50.6 Å². The number of rotatable bonds is 8. The fourth-order valence-corrected chi connectivity index (χ4v) is 1.65. The quantitative estimate of drug-likeness (QED) is 0.536. The zero-order valence-electron chi connectivity index (χ0n) is 12.0. The van der Waals surface area contributed by atoms with Crippen LogP contribution in [0.4, 0.5) is 0 Å². The van der Waals surface area contributed by atoms with Crippen molar-refractivity contribution in [2.75, 3.05) is 0 Å². The van der Waals surface area contributed by atoms with Gasteiger partial charge in [-0.2, -0.15) is 0 Å². The van der Waals surface area contributed by atoms with Gasteiger partial charge in [-0.15, -0.1) is 0 Å². The number of hydrogen-bond donors (Lipinski definition) is 0. The first-order chi connectivity index (χ1) is 9.63. The maximum absolute atomic E-state index is 4.07. The number of aryl methyl sites for hydroxylation is 1. The van der Waals surface area contributed by atoms with Crippen molar-refractivity contribution in [3.8, 4) is 0 Å². The van der Waals surface area contributed by atoms with Gasteiger partial charge in [0.2, 0.25) is 0 Å². The van der Waals surface area contributed by atoms with Crippen molar-refractivity contribution < 1.29 is 0 Å². The summed E-state index contributed by atoms with van der Waals surface area (Å²) in [6.07, 6.45) is 11.4. The van der Waals surface area contributed by atoms with E-state index < -0.39 is 0 Å². The van der Waals surface area contributed by atoms with Gasteiger partial charge in [0, 0.05) is 0 Å². The van der Waals surface area contributed by atoms with Gasteiger partial charge < -0.3 is 0 Å². The maximum atomic E-state index is 4.07. The van der Waals surface area contributed by atoms with E-state index in [-0.39, 0.29) is 0 Å². The van der Waals surface area contributed by atoms with Gasteiger partial charge >= 0.3 is 0 Å². The molecule has 0 N–H and O–H groups in total. The molecule has 0 unspecified atom stereocenters. The molecule has 0 saturated carbocycles. The zero-order valence-corrected chi connectivity index (χ0v) is 12.0. The molecule has 1 rings (SSSR count). The highest BCUT2D eigenvalue weighted by Gasteiger charge is 1.95. The van der Waals surface area contributed by atoms with Crippen molar-refractivity contribution in [3.05, 3.63) is 109 Å². The SMILES string of the molecule is C=C/C=C\C(=C)C(=C)/C=C\C(=C)CCc1ccccc1. The lowest BCUT2D eigenvalue weighted by molar-refractivity contribution is 0.969. The van der Waals surface area contributed by atoms with Crippen molar-refractivity contribution in [3.63, 3.8) is 0 Å². The van der Waals surface area contributed by atoms with E-state index in [0.29, 0.717) is 0 Å². The Hall–Kier alpha value is -2.34. The summed E-state index contributed by atoms with van der Waals surface area (Å²) in [7, 11) is 0. The Bertz CT molecular complexity index is 539. The third-order valence-electron chi connectivity index (χ3n) is 2.94. The second kappa shape index (κ2) is 8.71. The number of allylic oxidation sites excluding steroid dienone is 8. The van der Waals surface area contributed by atoms with Gasteiger partial charge in [0.25, 0.3) is 0 Å². The standard InChI is InChI=1S/C20H22/c1-5-6-10-18(3)19(4)15-13-17(2)14-16-20-11-8-7-9-12-20/h5-13,15H,1-4,14,16H2/b10-6-,15-13-. The molecule has 0 bridgehead atoms. The third-order valence-corrected chi connectivity index (χ3v) is 2.94. The molecule has 0 heteroatoms. The minimum absolute atomic E-state index is 0.886. The predicted octanol–water partition coefficient (Wildman–Crippen LogP) is 5.59. The van der Waals surface area contributed by atoms with Crippen LogP contribution in [0.5, 0.6) is 0 Å². The first-order valence-corrected chi connectivity index (χ1v) is 6.70. The molecule has 0 nitrogen and oxygen atoms in total. The summed E-state index contributed by atoms with van der Waals surface area (Å²) in [5, 5.41) is 0. The average Bonchev–Trinajstić information content (AvgIpc) is 2.49. The fourth-order valence-electron chi connectivity index (χ4n) is 1.65. The largest absolute Gasteiger partial charge is 0.0991 e. The van der Waals surface area contributed by atoms with Crippen LogP contribution in [0.15, 0.2) is 104 Å². The molecule has 0 radical (unpaired) electrons. The highest BCUT2D eigenvalue weighted by molar-refractivity contribution is 5.44. The lowest BCUT2D eigenvalue weighted by Crippen LogP contribution is -1.86. The van der Waals surface area contributed by atoms with E-state index in [9.17, 15) is 0 Å². The van der Waals surface area contributed by atoms with E-state index in [1.54, 1.807) is 6.08 Å². The Labute approximate surface area is 122 Å². The molecule has 0 aliphatic heterocycles. The second-order valence-corrected chi connectivity index (χ2v) is 4.62. The van der Waals surface area contributed by atoms with Gasteiger partial charge in [0.05, 0.1) is 0 Å². The Kier molecular flexibility index (Phi) is 6.84. The molecule has 0 fully saturated rings. The number of benzene rings is 1. The van der Waals surface area contributed by atoms with Crippen LogP contribution in [-0.4, -0.2) is 0 Å². The first-order valence-electron chi connectivity index (χ1n) is 6.70. The molecule has 102 valence electrons. The number of hydrogen-bond acceptors (Lipinski definition) is 0. The van der Waals surface area contributed by atoms with Crippen LogP contribution < -0.4 is 0 Å². The summed E-state index contributed by atoms with van der Waals surface area (Å²) in [5.74, 6) is 0. The summed E-state index contributed by atoms with van der Waals surface area (Å²) in [4.78, 5) is 0.